The summed E-state index contributed by atoms with van der Waals surface area (Å²) in [5.74, 6) is 0.351. The molecule has 0 bridgehead atoms. The second kappa shape index (κ2) is 5.27. The van der Waals surface area contributed by atoms with Crippen LogP contribution in [0.15, 0.2) is 22.6 Å². The molecule has 0 radical (unpaired) electrons. The summed E-state index contributed by atoms with van der Waals surface area (Å²) in [6.07, 6.45) is 0. The Bertz CT molecular complexity index is 578. The van der Waals surface area contributed by atoms with Gasteiger partial charge in [0.1, 0.15) is 5.82 Å². The topological polar surface area (TPSA) is 51.0 Å². The molecule has 0 unspecified atom stereocenters. The SMILES string of the molecule is CC(C)(C)NCc1nnc(-c2ccc(F)cc2Cl)o1. The van der Waals surface area contributed by atoms with Gasteiger partial charge in [0, 0.05) is 5.54 Å². The van der Waals surface area contributed by atoms with E-state index in [-0.39, 0.29) is 16.5 Å². The van der Waals surface area contributed by atoms with E-state index in [1.165, 1.54) is 18.2 Å². The predicted molar refractivity (Wildman–Crippen MR) is 71.3 cm³/mol. The number of nitrogens with one attached hydrogen (secondary N) is 1. The van der Waals surface area contributed by atoms with Gasteiger partial charge in [0.15, 0.2) is 0 Å². The van der Waals surface area contributed by atoms with Crippen LogP contribution in [0.3, 0.4) is 0 Å². The highest BCUT2D eigenvalue weighted by atomic mass is 35.5. The molecule has 1 aromatic carbocycles. The third kappa shape index (κ3) is 3.75. The van der Waals surface area contributed by atoms with Gasteiger partial charge in [0.25, 0.3) is 0 Å². The largest absolute Gasteiger partial charge is 0.419 e. The van der Waals surface area contributed by atoms with Crippen molar-refractivity contribution in [2.75, 3.05) is 0 Å². The van der Waals surface area contributed by atoms with Crippen LogP contribution in [0.5, 0.6) is 0 Å². The van der Waals surface area contributed by atoms with E-state index in [2.05, 4.69) is 15.5 Å². The molecule has 0 saturated heterocycles. The summed E-state index contributed by atoms with van der Waals surface area (Å²) in [6.45, 7) is 6.60. The molecule has 0 atom stereocenters. The van der Waals surface area contributed by atoms with Crippen molar-refractivity contribution < 1.29 is 8.81 Å². The summed E-state index contributed by atoms with van der Waals surface area (Å²) in [7, 11) is 0. The third-order valence-electron chi connectivity index (χ3n) is 2.40. The number of nitrogens with zero attached hydrogens (tertiary/aromatic N) is 2. The Balaban J connectivity index is 2.16. The predicted octanol–water partition coefficient (Wildman–Crippen LogP) is 3.42. The highest BCUT2D eigenvalue weighted by molar-refractivity contribution is 6.33. The summed E-state index contributed by atoms with van der Waals surface area (Å²) >= 11 is 5.94. The summed E-state index contributed by atoms with van der Waals surface area (Å²) in [5, 5.41) is 11.3. The van der Waals surface area contributed by atoms with Crippen LogP contribution >= 0.6 is 11.6 Å². The first-order valence-corrected chi connectivity index (χ1v) is 6.26. The fourth-order valence-electron chi connectivity index (χ4n) is 1.44. The fourth-order valence-corrected chi connectivity index (χ4v) is 1.69. The second-order valence-electron chi connectivity index (χ2n) is 5.23. The van der Waals surface area contributed by atoms with E-state index in [0.29, 0.717) is 18.0 Å². The number of rotatable bonds is 3. The normalized spacial score (nSPS) is 11.8. The van der Waals surface area contributed by atoms with Gasteiger partial charge in [-0.15, -0.1) is 10.2 Å². The van der Waals surface area contributed by atoms with Crippen molar-refractivity contribution in [3.05, 3.63) is 34.9 Å². The Hall–Kier alpha value is -1.46. The lowest BCUT2D eigenvalue weighted by molar-refractivity contribution is 0.383. The molecule has 2 aromatic rings. The van der Waals surface area contributed by atoms with Crippen molar-refractivity contribution in [1.82, 2.24) is 15.5 Å². The van der Waals surface area contributed by atoms with Crippen LogP contribution in [0, 0.1) is 5.82 Å². The van der Waals surface area contributed by atoms with Gasteiger partial charge in [0.2, 0.25) is 11.8 Å². The molecule has 0 spiro atoms. The number of hydrogen-bond acceptors (Lipinski definition) is 4. The van der Waals surface area contributed by atoms with Crippen LogP contribution in [0.2, 0.25) is 5.02 Å². The zero-order valence-corrected chi connectivity index (χ0v) is 11.8. The van der Waals surface area contributed by atoms with Crippen LogP contribution < -0.4 is 5.32 Å². The van der Waals surface area contributed by atoms with Gasteiger partial charge in [-0.2, -0.15) is 0 Å². The van der Waals surface area contributed by atoms with Crippen LogP contribution in [0.4, 0.5) is 4.39 Å². The number of aromatic nitrogens is 2. The minimum atomic E-state index is -0.400. The molecule has 1 heterocycles. The van der Waals surface area contributed by atoms with Crippen LogP contribution in [0.1, 0.15) is 26.7 Å². The van der Waals surface area contributed by atoms with Gasteiger partial charge in [-0.25, -0.2) is 4.39 Å². The highest BCUT2D eigenvalue weighted by Gasteiger charge is 2.14. The van der Waals surface area contributed by atoms with Gasteiger partial charge in [-0.3, -0.25) is 0 Å². The smallest absolute Gasteiger partial charge is 0.249 e. The van der Waals surface area contributed by atoms with E-state index >= 15 is 0 Å². The Morgan fingerprint density at radius 3 is 2.68 bits per heavy atom. The van der Waals surface area contributed by atoms with E-state index < -0.39 is 5.82 Å². The van der Waals surface area contributed by atoms with Gasteiger partial charge in [-0.1, -0.05) is 11.6 Å². The van der Waals surface area contributed by atoms with Crippen molar-refractivity contribution in [2.24, 2.45) is 0 Å². The first-order chi connectivity index (χ1) is 8.85. The Labute approximate surface area is 116 Å². The van der Waals surface area contributed by atoms with E-state index in [9.17, 15) is 4.39 Å². The third-order valence-corrected chi connectivity index (χ3v) is 2.71. The Morgan fingerprint density at radius 1 is 1.32 bits per heavy atom. The zero-order chi connectivity index (χ0) is 14.0. The lowest BCUT2D eigenvalue weighted by Crippen LogP contribution is -2.35. The molecule has 4 nitrogen and oxygen atoms in total. The summed E-state index contributed by atoms with van der Waals surface area (Å²) in [5.41, 5.74) is 0.486. The van der Waals surface area contributed by atoms with Gasteiger partial charge in [0.05, 0.1) is 17.1 Å². The standard InChI is InChI=1S/C13H15ClFN3O/c1-13(2,3)16-7-11-17-18-12(19-11)9-5-4-8(15)6-10(9)14/h4-6,16H,7H2,1-3H3. The monoisotopic (exact) mass is 283 g/mol. The molecule has 1 aromatic heterocycles. The number of benzene rings is 1. The Kier molecular flexibility index (Phi) is 3.87. The molecule has 2 rings (SSSR count). The van der Waals surface area contributed by atoms with Crippen molar-refractivity contribution in [3.63, 3.8) is 0 Å². The molecule has 19 heavy (non-hydrogen) atoms. The zero-order valence-electron chi connectivity index (χ0n) is 11.0. The van der Waals surface area contributed by atoms with E-state index in [4.69, 9.17) is 16.0 Å². The van der Waals surface area contributed by atoms with E-state index in [1.54, 1.807) is 0 Å². The molecule has 0 amide bonds. The summed E-state index contributed by atoms with van der Waals surface area (Å²) in [6, 6.07) is 4.04. The van der Waals surface area contributed by atoms with Crippen molar-refractivity contribution in [1.29, 1.82) is 0 Å². The maximum absolute atomic E-state index is 13.0. The van der Waals surface area contributed by atoms with E-state index in [1.807, 2.05) is 20.8 Å². The average Bonchev–Trinajstić information content (AvgIpc) is 2.74. The van der Waals surface area contributed by atoms with Gasteiger partial charge >= 0.3 is 0 Å². The number of hydrogen-bond donors (Lipinski definition) is 1. The first-order valence-electron chi connectivity index (χ1n) is 5.88. The van der Waals surface area contributed by atoms with Crippen LogP contribution in [-0.2, 0) is 6.54 Å². The maximum atomic E-state index is 13.0. The fraction of sp³-hybridized carbons (Fsp3) is 0.385. The van der Waals surface area contributed by atoms with Crippen molar-refractivity contribution in [3.8, 4) is 11.5 Å². The molecule has 6 heteroatoms. The molecular formula is C13H15ClFN3O. The molecule has 0 aliphatic rings. The maximum Gasteiger partial charge on any atom is 0.249 e. The minimum absolute atomic E-state index is 0.0395. The number of halogens is 2. The lowest BCUT2D eigenvalue weighted by Gasteiger charge is -2.18. The first kappa shape index (κ1) is 14.0. The summed E-state index contributed by atoms with van der Waals surface area (Å²) < 4.78 is 18.5. The molecule has 1 N–H and O–H groups in total. The van der Waals surface area contributed by atoms with E-state index in [0.717, 1.165) is 0 Å². The van der Waals surface area contributed by atoms with Crippen LogP contribution in [-0.4, -0.2) is 15.7 Å². The van der Waals surface area contributed by atoms with Crippen molar-refractivity contribution in [2.45, 2.75) is 32.9 Å². The molecule has 102 valence electrons. The second-order valence-corrected chi connectivity index (χ2v) is 5.64. The highest BCUT2D eigenvalue weighted by Crippen LogP contribution is 2.27. The average molecular weight is 284 g/mol. The van der Waals surface area contributed by atoms with Gasteiger partial charge in [-0.05, 0) is 39.0 Å². The lowest BCUT2D eigenvalue weighted by atomic mass is 10.1. The van der Waals surface area contributed by atoms with Crippen LogP contribution in [0.25, 0.3) is 11.5 Å². The molecule has 0 fully saturated rings. The molecule has 0 aliphatic carbocycles. The summed E-state index contributed by atoms with van der Waals surface area (Å²) in [4.78, 5) is 0. The Morgan fingerprint density at radius 2 is 2.05 bits per heavy atom. The molecule has 0 saturated carbocycles. The minimum Gasteiger partial charge on any atom is -0.419 e. The quantitative estimate of drug-likeness (QED) is 0.938. The van der Waals surface area contributed by atoms with Gasteiger partial charge < -0.3 is 9.73 Å². The molecular weight excluding hydrogens is 269 g/mol. The molecule has 0 aliphatic heterocycles. The van der Waals surface area contributed by atoms with Crippen molar-refractivity contribution >= 4 is 11.6 Å².